The van der Waals surface area contributed by atoms with E-state index in [2.05, 4.69) is 15.0 Å². The predicted octanol–water partition coefficient (Wildman–Crippen LogP) is 2.08. The van der Waals surface area contributed by atoms with E-state index in [0.29, 0.717) is 23.1 Å². The number of aromatic nitrogens is 1. The lowest BCUT2D eigenvalue weighted by atomic mass is 10.4. The number of ether oxygens (including phenoxy) is 1. The number of nitrogens with zero attached hydrogens (tertiary/aromatic N) is 2. The Morgan fingerprint density at radius 3 is 2.89 bits per heavy atom. The molecule has 0 unspecified atom stereocenters. The number of methoxy groups -OCH3 is 1. The molecule has 19 heavy (non-hydrogen) atoms. The third-order valence-electron chi connectivity index (χ3n) is 2.17. The Bertz CT molecular complexity index is 467. The molecular weight excluding hydrogens is 270 g/mol. The van der Waals surface area contributed by atoms with E-state index in [0.717, 1.165) is 0 Å². The Labute approximate surface area is 114 Å². The molecule has 8 heteroatoms. The highest BCUT2D eigenvalue weighted by molar-refractivity contribution is 7.99. The third-order valence-corrected chi connectivity index (χ3v) is 3.15. The van der Waals surface area contributed by atoms with Gasteiger partial charge in [-0.05, 0) is 13.0 Å². The normalized spacial score (nSPS) is 10.0. The van der Waals surface area contributed by atoms with Crippen LogP contribution in [-0.4, -0.2) is 35.3 Å². The van der Waals surface area contributed by atoms with Gasteiger partial charge >= 0.3 is 11.7 Å². The molecule has 0 radical (unpaired) electrons. The highest BCUT2D eigenvalue weighted by Crippen LogP contribution is 2.29. The van der Waals surface area contributed by atoms with Gasteiger partial charge in [-0.1, -0.05) is 11.8 Å². The molecule has 0 bridgehead atoms. The number of anilines is 1. The summed E-state index contributed by atoms with van der Waals surface area (Å²) in [5.74, 6) is 0.613. The lowest BCUT2D eigenvalue weighted by Gasteiger charge is -2.06. The minimum atomic E-state index is -0.483. The van der Waals surface area contributed by atoms with Crippen molar-refractivity contribution in [3.63, 3.8) is 0 Å². The van der Waals surface area contributed by atoms with Crippen LogP contribution in [0.2, 0.25) is 0 Å². The van der Waals surface area contributed by atoms with E-state index >= 15 is 0 Å². The van der Waals surface area contributed by atoms with Gasteiger partial charge in [-0.25, -0.2) is 4.98 Å². The van der Waals surface area contributed by atoms with Crippen molar-refractivity contribution in [1.82, 2.24) is 4.98 Å². The smallest absolute Gasteiger partial charge is 0.306 e. The van der Waals surface area contributed by atoms with Gasteiger partial charge in [-0.2, -0.15) is 0 Å². The molecule has 1 aromatic heterocycles. The number of rotatable bonds is 7. The summed E-state index contributed by atoms with van der Waals surface area (Å²) in [6.07, 6.45) is 0.186. The average molecular weight is 285 g/mol. The van der Waals surface area contributed by atoms with Gasteiger partial charge in [0, 0.05) is 18.4 Å². The lowest BCUT2D eigenvalue weighted by Crippen LogP contribution is -2.04. The van der Waals surface area contributed by atoms with Crippen molar-refractivity contribution < 1.29 is 14.5 Å². The summed E-state index contributed by atoms with van der Waals surface area (Å²) < 4.78 is 4.51. The summed E-state index contributed by atoms with van der Waals surface area (Å²) in [5.41, 5.74) is -0.0588. The van der Waals surface area contributed by atoms with E-state index in [9.17, 15) is 14.9 Å². The molecule has 1 heterocycles. The largest absolute Gasteiger partial charge is 0.469 e. The minimum Gasteiger partial charge on any atom is -0.469 e. The molecule has 7 nitrogen and oxygen atoms in total. The first kappa shape index (κ1) is 15.2. The Kier molecular flexibility index (Phi) is 6.07. The molecule has 0 aliphatic rings. The van der Waals surface area contributed by atoms with Crippen LogP contribution in [0.4, 0.5) is 11.5 Å². The second-order valence-electron chi connectivity index (χ2n) is 3.48. The van der Waals surface area contributed by atoms with E-state index in [1.54, 1.807) is 6.07 Å². The van der Waals surface area contributed by atoms with E-state index in [4.69, 9.17) is 0 Å². The molecule has 1 N–H and O–H groups in total. The summed E-state index contributed by atoms with van der Waals surface area (Å²) in [6.45, 7) is 2.59. The van der Waals surface area contributed by atoms with Crippen molar-refractivity contribution in [2.45, 2.75) is 18.4 Å². The summed E-state index contributed by atoms with van der Waals surface area (Å²) in [4.78, 5) is 25.6. The average Bonchev–Trinajstić information content (AvgIpc) is 2.38. The molecule has 0 saturated carbocycles. The second-order valence-corrected chi connectivity index (χ2v) is 4.57. The molecule has 0 aromatic carbocycles. The van der Waals surface area contributed by atoms with Gasteiger partial charge in [0.25, 0.3) is 0 Å². The molecule has 1 aromatic rings. The van der Waals surface area contributed by atoms with Gasteiger partial charge in [0.15, 0.2) is 5.03 Å². The van der Waals surface area contributed by atoms with Crippen LogP contribution < -0.4 is 5.32 Å². The molecule has 1 rings (SSSR count). The molecular formula is C11H15N3O4S. The van der Waals surface area contributed by atoms with E-state index < -0.39 is 4.92 Å². The minimum absolute atomic E-state index is 0.0588. The van der Waals surface area contributed by atoms with Crippen LogP contribution in [0.25, 0.3) is 0 Å². The number of nitrogens with one attached hydrogen (secondary N) is 1. The van der Waals surface area contributed by atoms with Gasteiger partial charge in [0.1, 0.15) is 5.82 Å². The van der Waals surface area contributed by atoms with Crippen LogP contribution in [0.15, 0.2) is 17.2 Å². The van der Waals surface area contributed by atoms with Crippen molar-refractivity contribution in [2.24, 2.45) is 0 Å². The second kappa shape index (κ2) is 7.57. The topological polar surface area (TPSA) is 94.4 Å². The maximum Gasteiger partial charge on any atom is 0.306 e. The quantitative estimate of drug-likeness (QED) is 0.354. The number of hydrogen-bond donors (Lipinski definition) is 1. The maximum atomic E-state index is 11.0. The fraction of sp³-hybridized carbons (Fsp3) is 0.455. The third kappa shape index (κ3) is 4.74. The molecule has 0 fully saturated rings. The number of carbonyl (C=O) groups is 1. The van der Waals surface area contributed by atoms with E-state index in [1.807, 2.05) is 6.92 Å². The van der Waals surface area contributed by atoms with Gasteiger partial charge in [0.05, 0.1) is 18.5 Å². The van der Waals surface area contributed by atoms with Crippen LogP contribution in [0.1, 0.15) is 13.3 Å². The van der Waals surface area contributed by atoms with Crippen molar-refractivity contribution in [1.29, 1.82) is 0 Å². The first-order valence-electron chi connectivity index (χ1n) is 5.67. The van der Waals surface area contributed by atoms with Gasteiger partial charge < -0.3 is 10.1 Å². The molecule has 104 valence electrons. The molecule has 0 amide bonds. The number of hydrogen-bond acceptors (Lipinski definition) is 7. The zero-order valence-corrected chi connectivity index (χ0v) is 11.5. The van der Waals surface area contributed by atoms with Crippen molar-refractivity contribution in [2.75, 3.05) is 24.7 Å². The Hall–Kier alpha value is -1.83. The highest BCUT2D eigenvalue weighted by Gasteiger charge is 2.16. The summed E-state index contributed by atoms with van der Waals surface area (Å²) in [5, 5.41) is 14.2. The monoisotopic (exact) mass is 285 g/mol. The lowest BCUT2D eigenvalue weighted by molar-refractivity contribution is -0.388. The zero-order valence-electron chi connectivity index (χ0n) is 10.7. The van der Waals surface area contributed by atoms with Crippen LogP contribution >= 0.6 is 11.8 Å². The van der Waals surface area contributed by atoms with Gasteiger partial charge in [-0.15, -0.1) is 0 Å². The van der Waals surface area contributed by atoms with Crippen molar-refractivity contribution in [3.8, 4) is 0 Å². The van der Waals surface area contributed by atoms with Crippen LogP contribution in [0.3, 0.4) is 0 Å². The Morgan fingerprint density at radius 2 is 2.32 bits per heavy atom. The van der Waals surface area contributed by atoms with Crippen molar-refractivity contribution in [3.05, 3.63) is 22.2 Å². The summed E-state index contributed by atoms with van der Waals surface area (Å²) in [7, 11) is 1.31. The number of pyridine rings is 1. The molecule has 0 saturated heterocycles. The fourth-order valence-electron chi connectivity index (χ4n) is 1.29. The first-order valence-corrected chi connectivity index (χ1v) is 6.66. The van der Waals surface area contributed by atoms with Gasteiger partial charge in [0.2, 0.25) is 0 Å². The summed E-state index contributed by atoms with van der Waals surface area (Å²) in [6, 6.07) is 2.97. The highest BCUT2D eigenvalue weighted by atomic mass is 32.2. The van der Waals surface area contributed by atoms with Crippen LogP contribution in [0, 0.1) is 10.1 Å². The van der Waals surface area contributed by atoms with Crippen LogP contribution in [-0.2, 0) is 9.53 Å². The number of esters is 1. The Balaban J connectivity index is 2.79. The predicted molar refractivity (Wildman–Crippen MR) is 72.4 cm³/mol. The maximum absolute atomic E-state index is 11.0. The molecule has 0 spiro atoms. The van der Waals surface area contributed by atoms with Crippen LogP contribution in [0.5, 0.6) is 0 Å². The SMILES string of the molecule is CCNc1ccc([N+](=O)[O-])c(SCCC(=O)OC)n1. The first-order chi connectivity index (χ1) is 9.08. The fourth-order valence-corrected chi connectivity index (χ4v) is 2.21. The zero-order chi connectivity index (χ0) is 14.3. The molecule has 0 aliphatic heterocycles. The Morgan fingerprint density at radius 1 is 1.58 bits per heavy atom. The van der Waals surface area contributed by atoms with Crippen molar-refractivity contribution >= 4 is 29.2 Å². The van der Waals surface area contributed by atoms with E-state index in [-0.39, 0.29) is 18.1 Å². The van der Waals surface area contributed by atoms with Gasteiger partial charge in [-0.3, -0.25) is 14.9 Å². The van der Waals surface area contributed by atoms with E-state index in [1.165, 1.54) is 24.9 Å². The molecule has 0 atom stereocenters. The number of thioether (sulfide) groups is 1. The number of nitro groups is 1. The number of carbonyl (C=O) groups excluding carboxylic acids is 1. The molecule has 0 aliphatic carbocycles. The summed E-state index contributed by atoms with van der Waals surface area (Å²) >= 11 is 1.17. The standard InChI is InChI=1S/C11H15N3O4S/c1-3-12-9-5-4-8(14(16)17)11(13-9)19-7-6-10(15)18-2/h4-5H,3,6-7H2,1-2H3,(H,12,13).